The van der Waals surface area contributed by atoms with Crippen LogP contribution >= 0.6 is 0 Å². The zero-order valence-corrected chi connectivity index (χ0v) is 9.60. The minimum Gasteiger partial charge on any atom is -0.468 e. The number of hydrogen-bond acceptors (Lipinski definition) is 5. The summed E-state index contributed by atoms with van der Waals surface area (Å²) < 4.78 is 10.2. The third-order valence-corrected chi connectivity index (χ3v) is 2.80. The van der Waals surface area contributed by atoms with Crippen molar-refractivity contribution in [3.05, 3.63) is 0 Å². The Morgan fingerprint density at radius 1 is 1.60 bits per heavy atom. The van der Waals surface area contributed by atoms with Crippen LogP contribution in [0.2, 0.25) is 0 Å². The number of hydrogen-bond donors (Lipinski definition) is 1. The van der Waals surface area contributed by atoms with Gasteiger partial charge in [0, 0.05) is 19.1 Å². The molecule has 1 aliphatic heterocycles. The topological polar surface area (TPSA) is 64.8 Å². The zero-order chi connectivity index (χ0) is 11.4. The van der Waals surface area contributed by atoms with Crippen LogP contribution in [0.1, 0.15) is 13.8 Å². The van der Waals surface area contributed by atoms with Gasteiger partial charge in [-0.15, -0.1) is 0 Å². The van der Waals surface area contributed by atoms with E-state index in [2.05, 4.69) is 0 Å². The maximum Gasteiger partial charge on any atom is 0.322 e. The molecule has 0 amide bonds. The fourth-order valence-corrected chi connectivity index (χ4v) is 1.69. The lowest BCUT2D eigenvalue weighted by Gasteiger charge is -2.37. The molecule has 1 rings (SSSR count). The van der Waals surface area contributed by atoms with Crippen molar-refractivity contribution >= 4 is 5.97 Å². The first kappa shape index (κ1) is 12.4. The summed E-state index contributed by atoms with van der Waals surface area (Å²) in [5.74, 6) is -0.208. The molecule has 1 saturated heterocycles. The van der Waals surface area contributed by atoms with E-state index in [9.17, 15) is 4.79 Å². The van der Waals surface area contributed by atoms with E-state index in [0.717, 1.165) is 6.54 Å². The lowest BCUT2D eigenvalue weighted by molar-refractivity contribution is -0.149. The van der Waals surface area contributed by atoms with Crippen molar-refractivity contribution < 1.29 is 14.3 Å². The highest BCUT2D eigenvalue weighted by Gasteiger charge is 2.29. The SMILES string of the molecule is COC(=O)C(C)N1CCOC(C(C)N)C1. The van der Waals surface area contributed by atoms with Crippen LogP contribution in [0.4, 0.5) is 0 Å². The highest BCUT2D eigenvalue weighted by atomic mass is 16.5. The predicted molar refractivity (Wildman–Crippen MR) is 56.4 cm³/mol. The zero-order valence-electron chi connectivity index (χ0n) is 9.60. The van der Waals surface area contributed by atoms with Crippen molar-refractivity contribution in [2.24, 2.45) is 5.73 Å². The van der Waals surface area contributed by atoms with Crippen LogP contribution in [0, 0.1) is 0 Å². The Hall–Kier alpha value is -0.650. The summed E-state index contributed by atoms with van der Waals surface area (Å²) in [6.45, 7) is 5.81. The van der Waals surface area contributed by atoms with E-state index in [0.29, 0.717) is 13.2 Å². The molecule has 0 saturated carbocycles. The summed E-state index contributed by atoms with van der Waals surface area (Å²) in [5.41, 5.74) is 5.77. The Morgan fingerprint density at radius 2 is 2.27 bits per heavy atom. The summed E-state index contributed by atoms with van der Waals surface area (Å²) >= 11 is 0. The number of nitrogens with zero attached hydrogens (tertiary/aromatic N) is 1. The smallest absolute Gasteiger partial charge is 0.322 e. The fourth-order valence-electron chi connectivity index (χ4n) is 1.69. The van der Waals surface area contributed by atoms with Gasteiger partial charge < -0.3 is 15.2 Å². The van der Waals surface area contributed by atoms with Crippen molar-refractivity contribution in [1.29, 1.82) is 0 Å². The molecule has 0 bridgehead atoms. The van der Waals surface area contributed by atoms with E-state index in [-0.39, 0.29) is 24.2 Å². The summed E-state index contributed by atoms with van der Waals surface area (Å²) in [6.07, 6.45) is 0.00542. The molecule has 0 radical (unpaired) electrons. The largest absolute Gasteiger partial charge is 0.468 e. The quantitative estimate of drug-likeness (QED) is 0.650. The van der Waals surface area contributed by atoms with Gasteiger partial charge in [-0.05, 0) is 13.8 Å². The number of carbonyl (C=O) groups excluding carboxylic acids is 1. The summed E-state index contributed by atoms with van der Waals surface area (Å²) in [5, 5.41) is 0. The second-order valence-electron chi connectivity index (χ2n) is 3.96. The number of nitrogens with two attached hydrogens (primary N) is 1. The molecule has 1 aliphatic rings. The van der Waals surface area contributed by atoms with Crippen LogP contribution in [-0.4, -0.2) is 55.9 Å². The second kappa shape index (κ2) is 5.44. The van der Waals surface area contributed by atoms with Gasteiger partial charge >= 0.3 is 5.97 Å². The lowest BCUT2D eigenvalue weighted by Crippen LogP contribution is -2.54. The van der Waals surface area contributed by atoms with Gasteiger partial charge in [0.2, 0.25) is 0 Å². The average molecular weight is 216 g/mol. The van der Waals surface area contributed by atoms with Crippen molar-refractivity contribution in [3.63, 3.8) is 0 Å². The monoisotopic (exact) mass is 216 g/mol. The van der Waals surface area contributed by atoms with Crippen LogP contribution in [0.3, 0.4) is 0 Å². The second-order valence-corrected chi connectivity index (χ2v) is 3.96. The first-order valence-corrected chi connectivity index (χ1v) is 5.25. The molecular formula is C10H20N2O3. The standard InChI is InChI=1S/C10H20N2O3/c1-7(11)9-6-12(4-5-15-9)8(2)10(13)14-3/h7-9H,4-6,11H2,1-3H3. The Labute approximate surface area is 90.5 Å². The number of methoxy groups -OCH3 is 1. The molecule has 0 aromatic heterocycles. The molecule has 5 nitrogen and oxygen atoms in total. The number of morpholine rings is 1. The molecule has 0 aromatic rings. The summed E-state index contributed by atoms with van der Waals surface area (Å²) in [4.78, 5) is 13.4. The molecule has 2 N–H and O–H groups in total. The number of rotatable bonds is 3. The molecule has 0 spiro atoms. The molecule has 3 unspecified atom stereocenters. The molecule has 88 valence electrons. The highest BCUT2D eigenvalue weighted by Crippen LogP contribution is 2.11. The Bertz CT molecular complexity index is 221. The first-order valence-electron chi connectivity index (χ1n) is 5.25. The number of carbonyl (C=O) groups is 1. The summed E-state index contributed by atoms with van der Waals surface area (Å²) in [6, 6.07) is -0.238. The van der Waals surface area contributed by atoms with E-state index < -0.39 is 0 Å². The average Bonchev–Trinajstić information content (AvgIpc) is 2.27. The maximum atomic E-state index is 11.4. The third kappa shape index (κ3) is 3.15. The van der Waals surface area contributed by atoms with E-state index in [1.807, 2.05) is 18.7 Å². The lowest BCUT2D eigenvalue weighted by atomic mass is 10.1. The van der Waals surface area contributed by atoms with Gasteiger partial charge in [-0.2, -0.15) is 0 Å². The van der Waals surface area contributed by atoms with Crippen molar-refractivity contribution in [1.82, 2.24) is 4.90 Å². The van der Waals surface area contributed by atoms with E-state index in [1.165, 1.54) is 7.11 Å². The van der Waals surface area contributed by atoms with Gasteiger partial charge in [-0.1, -0.05) is 0 Å². The van der Waals surface area contributed by atoms with Crippen molar-refractivity contribution in [2.75, 3.05) is 26.8 Å². The van der Waals surface area contributed by atoms with Gasteiger partial charge in [0.05, 0.1) is 19.8 Å². The highest BCUT2D eigenvalue weighted by molar-refractivity contribution is 5.75. The number of ether oxygens (including phenoxy) is 2. The molecule has 5 heteroatoms. The first-order chi connectivity index (χ1) is 7.06. The van der Waals surface area contributed by atoms with Gasteiger partial charge in [0.25, 0.3) is 0 Å². The third-order valence-electron chi connectivity index (χ3n) is 2.80. The van der Waals surface area contributed by atoms with Crippen molar-refractivity contribution in [3.8, 4) is 0 Å². The fraction of sp³-hybridized carbons (Fsp3) is 0.900. The van der Waals surface area contributed by atoms with Crippen LogP contribution in [0.25, 0.3) is 0 Å². The van der Waals surface area contributed by atoms with Crippen LogP contribution in [-0.2, 0) is 14.3 Å². The minimum atomic E-state index is -0.222. The molecule has 1 heterocycles. The molecule has 0 aliphatic carbocycles. The normalized spacial score (nSPS) is 27.1. The molecule has 1 fully saturated rings. The molecule has 3 atom stereocenters. The van der Waals surface area contributed by atoms with Gasteiger partial charge in [-0.25, -0.2) is 0 Å². The maximum absolute atomic E-state index is 11.4. The van der Waals surface area contributed by atoms with Gasteiger partial charge in [0.15, 0.2) is 0 Å². The van der Waals surface area contributed by atoms with Gasteiger partial charge in [-0.3, -0.25) is 9.69 Å². The Morgan fingerprint density at radius 3 is 2.80 bits per heavy atom. The molecular weight excluding hydrogens is 196 g/mol. The summed E-state index contributed by atoms with van der Waals surface area (Å²) in [7, 11) is 1.41. The van der Waals surface area contributed by atoms with E-state index in [4.69, 9.17) is 15.2 Å². The van der Waals surface area contributed by atoms with E-state index in [1.54, 1.807) is 0 Å². The van der Waals surface area contributed by atoms with Gasteiger partial charge in [0.1, 0.15) is 6.04 Å². The molecule has 0 aromatic carbocycles. The van der Waals surface area contributed by atoms with E-state index >= 15 is 0 Å². The van der Waals surface area contributed by atoms with Crippen LogP contribution in [0.15, 0.2) is 0 Å². The van der Waals surface area contributed by atoms with Crippen LogP contribution < -0.4 is 5.73 Å². The molecule has 15 heavy (non-hydrogen) atoms. The Balaban J connectivity index is 2.52. The predicted octanol–water partition coefficient (Wildman–Crippen LogP) is -0.404. The van der Waals surface area contributed by atoms with Crippen molar-refractivity contribution in [2.45, 2.75) is 32.0 Å². The minimum absolute atomic E-state index is 0.00542. The van der Waals surface area contributed by atoms with Crippen LogP contribution in [0.5, 0.6) is 0 Å². The number of esters is 1. The Kier molecular flexibility index (Phi) is 4.50.